The first-order valence-corrected chi connectivity index (χ1v) is 11.3. The first kappa shape index (κ1) is 23.6. The summed E-state index contributed by atoms with van der Waals surface area (Å²) in [5.41, 5.74) is 9.85. The third-order valence-electron chi connectivity index (χ3n) is 6.65. The summed E-state index contributed by atoms with van der Waals surface area (Å²) in [6.45, 7) is 7.37. The lowest BCUT2D eigenvalue weighted by Crippen LogP contribution is -2.38. The Morgan fingerprint density at radius 3 is 2.47 bits per heavy atom. The lowest BCUT2D eigenvalue weighted by molar-refractivity contribution is -0.141. The molecule has 3 aromatic heterocycles. The number of aryl methyl sites for hydroxylation is 3. The second kappa shape index (κ2) is 7.97. The van der Waals surface area contributed by atoms with E-state index in [1.54, 1.807) is 37.5 Å². The Morgan fingerprint density at radius 2 is 1.78 bits per heavy atom. The number of anilines is 1. The van der Waals surface area contributed by atoms with Crippen molar-refractivity contribution < 1.29 is 23.1 Å². The number of hydrogen-bond acceptors (Lipinski definition) is 6. The number of nitrogens with zero attached hydrogens (tertiary/aromatic N) is 6. The molecular weight excluding hydrogens is 475 g/mol. The number of hydrogen-bond donors (Lipinski definition) is 2. The van der Waals surface area contributed by atoms with Crippen molar-refractivity contribution in [1.29, 1.82) is 0 Å². The van der Waals surface area contributed by atoms with Crippen LogP contribution in [0, 0.1) is 27.7 Å². The molecule has 4 heterocycles. The Labute approximate surface area is 204 Å². The molecule has 0 atom stereocenters. The van der Waals surface area contributed by atoms with Crippen molar-refractivity contribution in [3.63, 3.8) is 0 Å². The summed E-state index contributed by atoms with van der Waals surface area (Å²) in [7, 11) is 0. The largest absolute Gasteiger partial charge is 0.508 e. The standard InChI is InChI=1S/C24H24F3N7O2/c1-11-5-6-16(35)12(2)20(11)34-21(28)18(19-22(34)30-14(4)13(3)29-19)23(36)32-7-8-33-15(10-32)9-17(31-33)24(25,26)27/h5-6,9,35H,7-8,10,28H2,1-4H3. The summed E-state index contributed by atoms with van der Waals surface area (Å²) in [6.07, 6.45) is -4.57. The molecule has 5 rings (SSSR count). The van der Waals surface area contributed by atoms with E-state index in [1.165, 1.54) is 9.58 Å². The molecule has 3 N–H and O–H groups in total. The quantitative estimate of drug-likeness (QED) is 0.433. The normalized spacial score (nSPS) is 13.9. The molecule has 0 aliphatic carbocycles. The van der Waals surface area contributed by atoms with Crippen LogP contribution in [0.25, 0.3) is 16.9 Å². The Hall–Kier alpha value is -4.09. The number of phenols is 1. The van der Waals surface area contributed by atoms with Crippen LogP contribution in [0.15, 0.2) is 18.2 Å². The van der Waals surface area contributed by atoms with Crippen molar-refractivity contribution in [2.24, 2.45) is 0 Å². The molecule has 1 aliphatic rings. The number of benzene rings is 1. The molecule has 0 saturated heterocycles. The van der Waals surface area contributed by atoms with Gasteiger partial charge in [-0.25, -0.2) is 9.97 Å². The maximum atomic E-state index is 13.8. The van der Waals surface area contributed by atoms with E-state index in [4.69, 9.17) is 5.73 Å². The number of aromatic hydroxyl groups is 1. The van der Waals surface area contributed by atoms with E-state index < -0.39 is 17.8 Å². The van der Waals surface area contributed by atoms with E-state index in [-0.39, 0.29) is 48.0 Å². The fourth-order valence-corrected chi connectivity index (χ4v) is 4.60. The Kier molecular flexibility index (Phi) is 5.23. The van der Waals surface area contributed by atoms with Crippen LogP contribution >= 0.6 is 0 Å². The van der Waals surface area contributed by atoms with Gasteiger partial charge in [0, 0.05) is 12.1 Å². The SMILES string of the molecule is Cc1ccc(O)c(C)c1-n1c(N)c(C(=O)N2CCn3nc(C(F)(F)F)cc3C2)c2nc(C)c(C)nc21. The first-order chi connectivity index (χ1) is 16.9. The average molecular weight is 499 g/mol. The fraction of sp³-hybridized carbons (Fsp3) is 0.333. The summed E-state index contributed by atoms with van der Waals surface area (Å²) in [5, 5.41) is 14.0. The molecule has 1 aliphatic heterocycles. The molecule has 188 valence electrons. The van der Waals surface area contributed by atoms with Gasteiger partial charge in [0.15, 0.2) is 11.3 Å². The maximum Gasteiger partial charge on any atom is 0.435 e. The van der Waals surface area contributed by atoms with Gasteiger partial charge in [0.25, 0.3) is 5.91 Å². The van der Waals surface area contributed by atoms with Gasteiger partial charge in [-0.3, -0.25) is 14.0 Å². The molecule has 0 saturated carbocycles. The molecule has 0 spiro atoms. The van der Waals surface area contributed by atoms with Crippen molar-refractivity contribution in [3.8, 4) is 11.4 Å². The van der Waals surface area contributed by atoms with Gasteiger partial charge in [-0.15, -0.1) is 0 Å². The van der Waals surface area contributed by atoms with Gasteiger partial charge >= 0.3 is 6.18 Å². The van der Waals surface area contributed by atoms with Crippen LogP contribution in [0.4, 0.5) is 19.0 Å². The second-order valence-corrected chi connectivity index (χ2v) is 9.01. The zero-order valence-corrected chi connectivity index (χ0v) is 20.1. The fourth-order valence-electron chi connectivity index (χ4n) is 4.60. The highest BCUT2D eigenvalue weighted by Crippen LogP contribution is 2.36. The molecule has 9 nitrogen and oxygen atoms in total. The van der Waals surface area contributed by atoms with Crippen LogP contribution in [-0.4, -0.2) is 46.8 Å². The van der Waals surface area contributed by atoms with Gasteiger partial charge in [0.2, 0.25) is 0 Å². The summed E-state index contributed by atoms with van der Waals surface area (Å²) >= 11 is 0. The minimum absolute atomic E-state index is 0.0590. The number of carbonyl (C=O) groups excluding carboxylic acids is 1. The number of amides is 1. The van der Waals surface area contributed by atoms with Gasteiger partial charge < -0.3 is 15.7 Å². The van der Waals surface area contributed by atoms with Crippen LogP contribution in [0.1, 0.15) is 44.3 Å². The van der Waals surface area contributed by atoms with Gasteiger partial charge in [0.05, 0.1) is 35.9 Å². The number of nitrogen functional groups attached to an aromatic ring is 1. The molecule has 0 fully saturated rings. The van der Waals surface area contributed by atoms with Crippen molar-refractivity contribution in [3.05, 3.63) is 57.7 Å². The lowest BCUT2D eigenvalue weighted by atomic mass is 10.1. The molecule has 1 amide bonds. The van der Waals surface area contributed by atoms with Gasteiger partial charge in [-0.1, -0.05) is 6.07 Å². The number of fused-ring (bicyclic) bond motifs is 2. The summed E-state index contributed by atoms with van der Waals surface area (Å²) < 4.78 is 42.3. The highest BCUT2D eigenvalue weighted by atomic mass is 19.4. The predicted molar refractivity (Wildman–Crippen MR) is 126 cm³/mol. The maximum absolute atomic E-state index is 13.8. The number of carbonyl (C=O) groups is 1. The van der Waals surface area contributed by atoms with E-state index in [2.05, 4.69) is 15.1 Å². The Balaban J connectivity index is 1.66. The van der Waals surface area contributed by atoms with Crippen LogP contribution < -0.4 is 5.73 Å². The summed E-state index contributed by atoms with van der Waals surface area (Å²) in [5.74, 6) is -0.316. The summed E-state index contributed by atoms with van der Waals surface area (Å²) in [4.78, 5) is 24.5. The third-order valence-corrected chi connectivity index (χ3v) is 6.65. The number of aromatic nitrogens is 5. The topological polar surface area (TPSA) is 115 Å². The van der Waals surface area contributed by atoms with Gasteiger partial charge in [-0.2, -0.15) is 18.3 Å². The van der Waals surface area contributed by atoms with Gasteiger partial charge in [-0.05, 0) is 45.4 Å². The van der Waals surface area contributed by atoms with E-state index >= 15 is 0 Å². The van der Waals surface area contributed by atoms with E-state index in [0.29, 0.717) is 28.3 Å². The number of rotatable bonds is 2. The highest BCUT2D eigenvalue weighted by molar-refractivity contribution is 6.10. The molecule has 0 bridgehead atoms. The van der Waals surface area contributed by atoms with Gasteiger partial charge in [0.1, 0.15) is 22.6 Å². The molecule has 0 radical (unpaired) electrons. The van der Waals surface area contributed by atoms with E-state index in [9.17, 15) is 23.1 Å². The van der Waals surface area contributed by atoms with Crippen molar-refractivity contribution >= 4 is 22.9 Å². The number of nitrogens with two attached hydrogens (primary N) is 1. The van der Waals surface area contributed by atoms with E-state index in [0.717, 1.165) is 11.6 Å². The molecule has 12 heteroatoms. The van der Waals surface area contributed by atoms with Crippen LogP contribution in [0.3, 0.4) is 0 Å². The third kappa shape index (κ3) is 3.55. The zero-order chi connectivity index (χ0) is 26.1. The molecule has 1 aromatic carbocycles. The smallest absolute Gasteiger partial charge is 0.435 e. The number of alkyl halides is 3. The minimum Gasteiger partial charge on any atom is -0.508 e. The van der Waals surface area contributed by atoms with E-state index in [1.807, 2.05) is 6.92 Å². The molecule has 4 aromatic rings. The van der Waals surface area contributed by atoms with Crippen LogP contribution in [0.2, 0.25) is 0 Å². The lowest BCUT2D eigenvalue weighted by Gasteiger charge is -2.27. The average Bonchev–Trinajstić information content (AvgIpc) is 3.36. The highest BCUT2D eigenvalue weighted by Gasteiger charge is 2.37. The number of phenolic OH excluding ortho intramolecular Hbond substituents is 1. The molecule has 36 heavy (non-hydrogen) atoms. The first-order valence-electron chi connectivity index (χ1n) is 11.3. The monoisotopic (exact) mass is 499 g/mol. The van der Waals surface area contributed by atoms with Crippen molar-refractivity contribution in [2.45, 2.75) is 47.0 Å². The predicted octanol–water partition coefficient (Wildman–Crippen LogP) is 3.81. The van der Waals surface area contributed by atoms with Crippen LogP contribution in [-0.2, 0) is 19.3 Å². The van der Waals surface area contributed by atoms with Crippen LogP contribution in [0.5, 0.6) is 5.75 Å². The van der Waals surface area contributed by atoms with Crippen molar-refractivity contribution in [1.82, 2.24) is 29.2 Å². The number of halogens is 3. The Morgan fingerprint density at radius 1 is 1.08 bits per heavy atom. The minimum atomic E-state index is -4.57. The van der Waals surface area contributed by atoms with Crippen molar-refractivity contribution in [2.75, 3.05) is 12.3 Å². The summed E-state index contributed by atoms with van der Waals surface area (Å²) in [6, 6.07) is 4.27. The molecule has 0 unspecified atom stereocenters. The Bertz CT molecular complexity index is 1550. The second-order valence-electron chi connectivity index (χ2n) is 9.01. The zero-order valence-electron chi connectivity index (χ0n) is 20.1. The molecular formula is C24H24F3N7O2.